The minimum Gasteiger partial charge on any atom is -0.321 e. The smallest absolute Gasteiger partial charge is 0.272 e. The molecule has 4 aromatic carbocycles. The molecule has 0 saturated carbocycles. The highest BCUT2D eigenvalue weighted by Crippen LogP contribution is 2.31. The predicted octanol–water partition coefficient (Wildman–Crippen LogP) is 9.14. The predicted molar refractivity (Wildman–Crippen MR) is 192 cm³/mol. The molecule has 1 heterocycles. The van der Waals surface area contributed by atoms with Crippen LogP contribution < -0.4 is 16.0 Å². The maximum atomic E-state index is 13.5. The molecule has 0 radical (unpaired) electrons. The lowest BCUT2D eigenvalue weighted by atomic mass is 10.1. The molecular weight excluding hydrogens is 704 g/mol. The van der Waals surface area contributed by atoms with Crippen molar-refractivity contribution in [3.63, 3.8) is 0 Å². The molecule has 1 atom stereocenters. The van der Waals surface area contributed by atoms with Crippen molar-refractivity contribution < 1.29 is 14.4 Å². The lowest BCUT2D eigenvalue weighted by Crippen LogP contribution is -2.30. The number of thiazole rings is 1. The second-order valence-electron chi connectivity index (χ2n) is 9.93. The maximum Gasteiger partial charge on any atom is 0.272 e. The van der Waals surface area contributed by atoms with Crippen molar-refractivity contribution in [2.45, 2.75) is 23.5 Å². The minimum absolute atomic E-state index is 0.0248. The number of thioether (sulfide) groups is 1. The molecule has 0 spiro atoms. The van der Waals surface area contributed by atoms with E-state index >= 15 is 0 Å². The fourth-order valence-corrected chi connectivity index (χ4v) is 6.48. The average molecular weight is 732 g/mol. The van der Waals surface area contributed by atoms with E-state index in [9.17, 15) is 14.4 Å². The molecule has 11 heteroatoms. The number of nitrogens with zero attached hydrogens (tertiary/aromatic N) is 1. The summed E-state index contributed by atoms with van der Waals surface area (Å²) in [6.07, 6.45) is 2.11. The Kier molecular flexibility index (Phi) is 11.4. The fourth-order valence-electron chi connectivity index (χ4n) is 4.29. The van der Waals surface area contributed by atoms with Crippen LogP contribution in [0.4, 0.5) is 10.8 Å². The second kappa shape index (κ2) is 15.9. The monoisotopic (exact) mass is 730 g/mol. The Balaban J connectivity index is 1.28. The van der Waals surface area contributed by atoms with Crippen LogP contribution in [0.1, 0.15) is 29.3 Å². The van der Waals surface area contributed by atoms with Gasteiger partial charge in [0.05, 0.1) is 10.9 Å². The molecule has 0 fully saturated rings. The van der Waals surface area contributed by atoms with Crippen molar-refractivity contribution in [3.05, 3.63) is 135 Å². The van der Waals surface area contributed by atoms with Crippen LogP contribution in [0.25, 0.3) is 17.3 Å². The van der Waals surface area contributed by atoms with Crippen LogP contribution in [0.3, 0.4) is 0 Å². The minimum atomic E-state index is -0.526. The van der Waals surface area contributed by atoms with Gasteiger partial charge in [-0.3, -0.25) is 14.4 Å². The topological polar surface area (TPSA) is 100 Å². The first-order chi connectivity index (χ1) is 22.3. The van der Waals surface area contributed by atoms with Crippen LogP contribution in [-0.4, -0.2) is 28.0 Å². The molecule has 5 aromatic rings. The molecule has 3 N–H and O–H groups in total. The zero-order valence-corrected chi connectivity index (χ0v) is 28.5. The first-order valence-electron chi connectivity index (χ1n) is 14.2. The summed E-state index contributed by atoms with van der Waals surface area (Å²) in [7, 11) is 0. The SMILES string of the molecule is CCC(Sc1cccc(NC(=O)/C(=C\c2ccccc2Cl)NC(=O)c2ccccc2)c1)C(=O)Nc1nc(-c2ccc(Br)cc2)cs1. The number of hydrogen-bond acceptors (Lipinski definition) is 6. The largest absolute Gasteiger partial charge is 0.321 e. The quantitative estimate of drug-likeness (QED) is 0.0930. The molecule has 0 saturated heterocycles. The van der Waals surface area contributed by atoms with Crippen LogP contribution >= 0.6 is 50.6 Å². The Morgan fingerprint density at radius 1 is 0.935 bits per heavy atom. The van der Waals surface area contributed by atoms with Gasteiger partial charge in [0.15, 0.2) is 5.13 Å². The first-order valence-corrected chi connectivity index (χ1v) is 17.1. The number of halogens is 2. The van der Waals surface area contributed by atoms with E-state index in [2.05, 4.69) is 36.9 Å². The van der Waals surface area contributed by atoms with Gasteiger partial charge in [0.2, 0.25) is 5.91 Å². The zero-order valence-electron chi connectivity index (χ0n) is 24.5. The number of hydrogen-bond donors (Lipinski definition) is 3. The molecule has 232 valence electrons. The van der Waals surface area contributed by atoms with Crippen LogP contribution in [0.2, 0.25) is 5.02 Å². The van der Waals surface area contributed by atoms with Crippen molar-refractivity contribution in [3.8, 4) is 11.3 Å². The van der Waals surface area contributed by atoms with E-state index in [1.807, 2.05) is 48.7 Å². The highest BCUT2D eigenvalue weighted by atomic mass is 79.9. The van der Waals surface area contributed by atoms with Gasteiger partial charge in [0.25, 0.3) is 11.8 Å². The van der Waals surface area contributed by atoms with E-state index in [-0.39, 0.29) is 11.6 Å². The van der Waals surface area contributed by atoms with Crippen molar-refractivity contribution >= 4 is 85.2 Å². The van der Waals surface area contributed by atoms with Crippen LogP contribution in [0.15, 0.2) is 124 Å². The Morgan fingerprint density at radius 3 is 2.41 bits per heavy atom. The van der Waals surface area contributed by atoms with Gasteiger partial charge in [-0.25, -0.2) is 4.98 Å². The van der Waals surface area contributed by atoms with E-state index in [1.54, 1.807) is 66.7 Å². The van der Waals surface area contributed by atoms with E-state index < -0.39 is 17.1 Å². The van der Waals surface area contributed by atoms with E-state index in [0.29, 0.717) is 33.4 Å². The van der Waals surface area contributed by atoms with Crippen molar-refractivity contribution in [1.82, 2.24) is 10.3 Å². The van der Waals surface area contributed by atoms with Gasteiger partial charge in [0, 0.05) is 36.6 Å². The van der Waals surface area contributed by atoms with Gasteiger partial charge >= 0.3 is 0 Å². The normalized spacial score (nSPS) is 11.8. The molecule has 0 aliphatic heterocycles. The third-order valence-corrected chi connectivity index (χ3v) is 9.63. The Hall–Kier alpha value is -4.22. The molecule has 0 aliphatic rings. The molecule has 0 bridgehead atoms. The molecule has 0 aliphatic carbocycles. The first kappa shape index (κ1) is 33.2. The van der Waals surface area contributed by atoms with Crippen molar-refractivity contribution in [2.75, 3.05) is 10.6 Å². The molecule has 1 unspecified atom stereocenters. The number of benzene rings is 4. The number of amides is 3. The number of carbonyl (C=O) groups excluding carboxylic acids is 3. The van der Waals surface area contributed by atoms with Crippen LogP contribution in [0, 0.1) is 0 Å². The van der Waals surface area contributed by atoms with Gasteiger partial charge < -0.3 is 16.0 Å². The lowest BCUT2D eigenvalue weighted by molar-refractivity contribution is -0.116. The fraction of sp³-hybridized carbons (Fsp3) is 0.0857. The van der Waals surface area contributed by atoms with E-state index in [4.69, 9.17) is 11.6 Å². The van der Waals surface area contributed by atoms with Crippen LogP contribution in [-0.2, 0) is 9.59 Å². The highest BCUT2D eigenvalue weighted by molar-refractivity contribution is 9.10. The number of rotatable bonds is 11. The standard InChI is InChI=1S/C35H28BrClN4O3S2/c1-2-31(34(44)41-35-40-30(21-45-35)22-15-17-25(36)18-16-22)46-27-13-8-12-26(20-27)38-33(43)29(19-24-11-6-7-14-28(24)37)39-32(42)23-9-4-3-5-10-23/h3-21,31H,2H2,1H3,(H,38,43)(H,39,42)(H,40,41,44)/b29-19+. The third kappa shape index (κ3) is 8.95. The summed E-state index contributed by atoms with van der Waals surface area (Å²) in [5.41, 5.74) is 3.27. The zero-order chi connectivity index (χ0) is 32.5. The van der Waals surface area contributed by atoms with Crippen molar-refractivity contribution in [2.24, 2.45) is 0 Å². The summed E-state index contributed by atoms with van der Waals surface area (Å²) in [6.45, 7) is 1.94. The van der Waals surface area contributed by atoms with Gasteiger partial charge in [-0.1, -0.05) is 89.1 Å². The third-order valence-electron chi connectivity index (χ3n) is 6.64. The number of anilines is 2. The maximum absolute atomic E-state index is 13.5. The summed E-state index contributed by atoms with van der Waals surface area (Å²) in [4.78, 5) is 45.1. The summed E-state index contributed by atoms with van der Waals surface area (Å²) in [5, 5.41) is 11.0. The average Bonchev–Trinajstić information content (AvgIpc) is 3.53. The van der Waals surface area contributed by atoms with Gasteiger partial charge in [-0.2, -0.15) is 0 Å². The van der Waals surface area contributed by atoms with Crippen molar-refractivity contribution in [1.29, 1.82) is 0 Å². The summed E-state index contributed by atoms with van der Waals surface area (Å²) in [6, 6.07) is 30.7. The Bertz CT molecular complexity index is 1880. The second-order valence-corrected chi connectivity index (χ2v) is 13.4. The molecule has 7 nitrogen and oxygen atoms in total. The van der Waals surface area contributed by atoms with Crippen LogP contribution in [0.5, 0.6) is 0 Å². The van der Waals surface area contributed by atoms with Gasteiger partial charge in [-0.05, 0) is 66.6 Å². The number of nitrogens with one attached hydrogen (secondary N) is 3. The molecule has 5 rings (SSSR count). The van der Waals surface area contributed by atoms with Gasteiger partial charge in [0.1, 0.15) is 5.70 Å². The number of aromatic nitrogens is 1. The Morgan fingerprint density at radius 2 is 1.67 bits per heavy atom. The lowest BCUT2D eigenvalue weighted by Gasteiger charge is -2.15. The molecule has 46 heavy (non-hydrogen) atoms. The molecular formula is C35H28BrClN4O3S2. The summed E-state index contributed by atoms with van der Waals surface area (Å²) < 4.78 is 0.982. The summed E-state index contributed by atoms with van der Waals surface area (Å²) >= 11 is 12.6. The highest BCUT2D eigenvalue weighted by Gasteiger charge is 2.21. The van der Waals surface area contributed by atoms with E-state index in [1.165, 1.54) is 29.2 Å². The van der Waals surface area contributed by atoms with E-state index in [0.717, 1.165) is 20.6 Å². The van der Waals surface area contributed by atoms with Gasteiger partial charge in [-0.15, -0.1) is 23.1 Å². The summed E-state index contributed by atoms with van der Waals surface area (Å²) in [5.74, 6) is -1.12. The number of carbonyl (C=O) groups is 3. The molecule has 3 amide bonds. The Labute approximate surface area is 288 Å². The molecule has 1 aromatic heterocycles.